The summed E-state index contributed by atoms with van der Waals surface area (Å²) in [4.78, 5) is 11.1. The topological polar surface area (TPSA) is 78.3 Å². The van der Waals surface area contributed by atoms with Crippen LogP contribution in [0, 0.1) is 0 Å². The largest absolute Gasteiger partial charge is 0.462 e. The van der Waals surface area contributed by atoms with Crippen LogP contribution in [0.3, 0.4) is 0 Å². The van der Waals surface area contributed by atoms with Crippen LogP contribution < -0.4 is 11.5 Å². The highest BCUT2D eigenvalue weighted by atomic mass is 16.5. The Kier molecular flexibility index (Phi) is 5.66. The van der Waals surface area contributed by atoms with E-state index in [2.05, 4.69) is 0 Å². The third-order valence-corrected chi connectivity index (χ3v) is 1.37. The maximum absolute atomic E-state index is 11.1. The van der Waals surface area contributed by atoms with Gasteiger partial charge < -0.3 is 16.2 Å². The normalized spacial score (nSPS) is 13.1. The Morgan fingerprint density at radius 3 is 2.50 bits per heavy atom. The fraction of sp³-hybridized carbons (Fsp3) is 0.875. The number of carbonyl (C=O) groups is 1. The number of hydrogen-bond donors (Lipinski definition) is 2. The third kappa shape index (κ3) is 5.09. The Hall–Kier alpha value is -0.610. The van der Waals surface area contributed by atoms with Crippen LogP contribution in [0.4, 0.5) is 0 Å². The predicted molar refractivity (Wildman–Crippen MR) is 47.5 cm³/mol. The van der Waals surface area contributed by atoms with E-state index in [0.717, 1.165) is 6.42 Å². The summed E-state index contributed by atoms with van der Waals surface area (Å²) in [5.41, 5.74) is 10.8. The van der Waals surface area contributed by atoms with Crippen molar-refractivity contribution in [3.8, 4) is 0 Å². The van der Waals surface area contributed by atoms with Crippen molar-refractivity contribution in [3.63, 3.8) is 0 Å². The van der Waals surface area contributed by atoms with Gasteiger partial charge in [0.05, 0.1) is 6.10 Å². The van der Waals surface area contributed by atoms with Crippen LogP contribution in [0.2, 0.25) is 0 Å². The molecule has 0 amide bonds. The van der Waals surface area contributed by atoms with Crippen LogP contribution >= 0.6 is 0 Å². The van der Waals surface area contributed by atoms with Crippen LogP contribution in [0.15, 0.2) is 0 Å². The van der Waals surface area contributed by atoms with E-state index in [1.54, 1.807) is 13.8 Å². The van der Waals surface area contributed by atoms with Crippen LogP contribution in [0.1, 0.15) is 26.7 Å². The zero-order valence-corrected chi connectivity index (χ0v) is 7.75. The first-order chi connectivity index (χ1) is 5.57. The summed E-state index contributed by atoms with van der Waals surface area (Å²) in [5.74, 6) is -0.335. The molecule has 0 saturated carbocycles. The molecule has 72 valence electrons. The van der Waals surface area contributed by atoms with Gasteiger partial charge in [0.2, 0.25) is 0 Å². The van der Waals surface area contributed by atoms with Gasteiger partial charge >= 0.3 is 5.97 Å². The maximum atomic E-state index is 11.1. The van der Waals surface area contributed by atoms with Gasteiger partial charge in [0.25, 0.3) is 0 Å². The number of ether oxygens (including phenoxy) is 1. The lowest BCUT2D eigenvalue weighted by Crippen LogP contribution is -2.34. The van der Waals surface area contributed by atoms with E-state index < -0.39 is 6.04 Å². The molecule has 4 nitrogen and oxygen atoms in total. The zero-order chi connectivity index (χ0) is 9.56. The smallest absolute Gasteiger partial charge is 0.323 e. The third-order valence-electron chi connectivity index (χ3n) is 1.37. The highest BCUT2D eigenvalue weighted by Gasteiger charge is 2.14. The fourth-order valence-corrected chi connectivity index (χ4v) is 0.775. The highest BCUT2D eigenvalue weighted by molar-refractivity contribution is 5.75. The Bertz CT molecular complexity index is 137. The summed E-state index contributed by atoms with van der Waals surface area (Å²) in [6.07, 6.45) is 1.26. The van der Waals surface area contributed by atoms with Gasteiger partial charge in [-0.15, -0.1) is 0 Å². The molecular formula is C8H18N2O2. The summed E-state index contributed by atoms with van der Waals surface area (Å²) in [7, 11) is 0. The van der Waals surface area contributed by atoms with E-state index >= 15 is 0 Å². The second kappa shape index (κ2) is 5.97. The fourth-order valence-electron chi connectivity index (χ4n) is 0.775. The molecule has 0 fully saturated rings. The summed E-state index contributed by atoms with van der Waals surface area (Å²) >= 11 is 0. The molecule has 4 heteroatoms. The lowest BCUT2D eigenvalue weighted by molar-refractivity contribution is -0.149. The molecule has 0 aliphatic rings. The minimum Gasteiger partial charge on any atom is -0.462 e. The summed E-state index contributed by atoms with van der Waals surface area (Å²) < 4.78 is 4.90. The Balaban J connectivity index is 3.61. The monoisotopic (exact) mass is 174 g/mol. The van der Waals surface area contributed by atoms with E-state index in [0.29, 0.717) is 13.0 Å². The average Bonchev–Trinajstić information content (AvgIpc) is 1.98. The lowest BCUT2D eigenvalue weighted by atomic mass is 10.2. The minimum atomic E-state index is -0.518. The molecule has 0 radical (unpaired) electrons. The van der Waals surface area contributed by atoms with Crippen LogP contribution in [0.5, 0.6) is 0 Å². The quantitative estimate of drug-likeness (QED) is 0.575. The minimum absolute atomic E-state index is 0.0959. The van der Waals surface area contributed by atoms with Gasteiger partial charge in [-0.3, -0.25) is 4.79 Å². The molecule has 1 atom stereocenters. The molecule has 0 saturated heterocycles. The van der Waals surface area contributed by atoms with Crippen molar-refractivity contribution in [2.24, 2.45) is 11.5 Å². The van der Waals surface area contributed by atoms with Crippen molar-refractivity contribution in [2.45, 2.75) is 38.8 Å². The standard InChI is InChI=1S/C8H18N2O2/c1-6(2)12-8(11)7(10)4-3-5-9/h6-7H,3-5,9-10H2,1-2H3/t7-/m0/s1. The SMILES string of the molecule is CC(C)OC(=O)[C@@H](N)CCCN. The molecule has 0 aromatic carbocycles. The molecule has 0 heterocycles. The molecule has 0 aromatic rings. The van der Waals surface area contributed by atoms with Gasteiger partial charge in [-0.1, -0.05) is 0 Å². The van der Waals surface area contributed by atoms with E-state index in [9.17, 15) is 4.79 Å². The summed E-state index contributed by atoms with van der Waals surface area (Å²) in [6, 6.07) is -0.518. The first kappa shape index (κ1) is 11.4. The van der Waals surface area contributed by atoms with E-state index in [-0.39, 0.29) is 12.1 Å². The van der Waals surface area contributed by atoms with Crippen LogP contribution in [0.25, 0.3) is 0 Å². The molecule has 0 aromatic heterocycles. The number of esters is 1. The van der Waals surface area contributed by atoms with Gasteiger partial charge in [0.1, 0.15) is 6.04 Å². The molecule has 0 unspecified atom stereocenters. The van der Waals surface area contributed by atoms with Crippen molar-refractivity contribution in [3.05, 3.63) is 0 Å². The average molecular weight is 174 g/mol. The van der Waals surface area contributed by atoms with Crippen LogP contribution in [-0.2, 0) is 9.53 Å². The predicted octanol–water partition coefficient (Wildman–Crippen LogP) is 0.00420. The highest BCUT2D eigenvalue weighted by Crippen LogP contribution is 1.98. The van der Waals surface area contributed by atoms with Gasteiger partial charge in [-0.2, -0.15) is 0 Å². The Labute approximate surface area is 73.2 Å². The molecule has 0 aliphatic carbocycles. The van der Waals surface area contributed by atoms with Gasteiger partial charge in [0, 0.05) is 0 Å². The van der Waals surface area contributed by atoms with Crippen molar-refractivity contribution >= 4 is 5.97 Å². The maximum Gasteiger partial charge on any atom is 0.323 e. The number of hydrogen-bond acceptors (Lipinski definition) is 4. The van der Waals surface area contributed by atoms with E-state index in [1.807, 2.05) is 0 Å². The van der Waals surface area contributed by atoms with E-state index in [4.69, 9.17) is 16.2 Å². The zero-order valence-electron chi connectivity index (χ0n) is 7.75. The van der Waals surface area contributed by atoms with Crippen molar-refractivity contribution in [1.82, 2.24) is 0 Å². The second-order valence-electron chi connectivity index (χ2n) is 3.02. The first-order valence-electron chi connectivity index (χ1n) is 4.24. The Morgan fingerprint density at radius 2 is 2.08 bits per heavy atom. The number of carbonyl (C=O) groups excluding carboxylic acids is 1. The molecule has 0 spiro atoms. The molecule has 4 N–H and O–H groups in total. The molecule has 12 heavy (non-hydrogen) atoms. The number of nitrogens with two attached hydrogens (primary N) is 2. The van der Waals surface area contributed by atoms with Crippen molar-refractivity contribution in [2.75, 3.05) is 6.54 Å². The summed E-state index contributed by atoms with van der Waals surface area (Å²) in [5, 5.41) is 0. The molecule has 0 rings (SSSR count). The molecule has 0 bridgehead atoms. The first-order valence-corrected chi connectivity index (χ1v) is 4.24. The van der Waals surface area contributed by atoms with Crippen LogP contribution in [-0.4, -0.2) is 24.7 Å². The molecular weight excluding hydrogens is 156 g/mol. The van der Waals surface area contributed by atoms with E-state index in [1.165, 1.54) is 0 Å². The van der Waals surface area contributed by atoms with Crippen molar-refractivity contribution in [1.29, 1.82) is 0 Å². The second-order valence-corrected chi connectivity index (χ2v) is 3.02. The molecule has 0 aliphatic heterocycles. The lowest BCUT2D eigenvalue weighted by Gasteiger charge is -2.12. The Morgan fingerprint density at radius 1 is 1.50 bits per heavy atom. The van der Waals surface area contributed by atoms with Gasteiger partial charge in [-0.05, 0) is 33.2 Å². The summed E-state index contributed by atoms with van der Waals surface area (Å²) in [6.45, 7) is 4.16. The van der Waals surface area contributed by atoms with Crippen molar-refractivity contribution < 1.29 is 9.53 Å². The number of rotatable bonds is 5. The van der Waals surface area contributed by atoms with Gasteiger partial charge in [0.15, 0.2) is 0 Å². The van der Waals surface area contributed by atoms with Gasteiger partial charge in [-0.25, -0.2) is 0 Å².